The molecule has 1 aliphatic carbocycles. The highest BCUT2D eigenvalue weighted by Crippen LogP contribution is 2.30. The topological polar surface area (TPSA) is 62.3 Å². The van der Waals surface area contributed by atoms with Gasteiger partial charge in [-0.3, -0.25) is 10.3 Å². The van der Waals surface area contributed by atoms with Crippen LogP contribution in [0.25, 0.3) is 0 Å². The van der Waals surface area contributed by atoms with E-state index in [4.69, 9.17) is 15.9 Å². The van der Waals surface area contributed by atoms with Crippen molar-refractivity contribution in [1.29, 1.82) is 5.41 Å². The van der Waals surface area contributed by atoms with Gasteiger partial charge < -0.3 is 10.5 Å². The number of morpholine rings is 1. The number of nitrogens with two attached hydrogens (primary N) is 1. The van der Waals surface area contributed by atoms with Crippen LogP contribution in [-0.4, -0.2) is 36.0 Å². The molecule has 2 fully saturated rings. The predicted molar refractivity (Wildman–Crippen MR) is 75.2 cm³/mol. The van der Waals surface area contributed by atoms with Gasteiger partial charge in [-0.2, -0.15) is 0 Å². The number of hydrogen-bond donors (Lipinski definition) is 2. The lowest BCUT2D eigenvalue weighted by Gasteiger charge is -2.37. The van der Waals surface area contributed by atoms with Crippen LogP contribution >= 0.6 is 0 Å². The van der Waals surface area contributed by atoms with Gasteiger partial charge in [0.2, 0.25) is 0 Å². The minimum Gasteiger partial charge on any atom is -0.384 e. The van der Waals surface area contributed by atoms with Gasteiger partial charge in [-0.15, -0.1) is 0 Å². The SMILES string of the molecule is N=C(N)c1cc(F)cc(CN2CCOC3CCCC32)c1. The van der Waals surface area contributed by atoms with Gasteiger partial charge in [0.05, 0.1) is 12.7 Å². The van der Waals surface area contributed by atoms with Crippen molar-refractivity contribution in [2.24, 2.45) is 5.73 Å². The fraction of sp³-hybridized carbons (Fsp3) is 0.533. The van der Waals surface area contributed by atoms with Gasteiger partial charge in [0, 0.05) is 24.7 Å². The van der Waals surface area contributed by atoms with Crippen molar-refractivity contribution in [2.75, 3.05) is 13.2 Å². The Hall–Kier alpha value is -1.46. The third kappa shape index (κ3) is 2.69. The van der Waals surface area contributed by atoms with E-state index < -0.39 is 0 Å². The summed E-state index contributed by atoms with van der Waals surface area (Å²) in [5.74, 6) is -0.421. The molecule has 0 bridgehead atoms. The Morgan fingerprint density at radius 1 is 1.40 bits per heavy atom. The smallest absolute Gasteiger partial charge is 0.124 e. The first-order chi connectivity index (χ1) is 9.63. The Morgan fingerprint density at radius 3 is 3.05 bits per heavy atom. The number of fused-ring (bicyclic) bond motifs is 1. The monoisotopic (exact) mass is 277 g/mol. The van der Waals surface area contributed by atoms with Gasteiger partial charge in [-0.1, -0.05) is 0 Å². The number of benzene rings is 1. The fourth-order valence-electron chi connectivity index (χ4n) is 3.33. The lowest BCUT2D eigenvalue weighted by atomic mass is 10.1. The molecule has 2 unspecified atom stereocenters. The summed E-state index contributed by atoms with van der Waals surface area (Å²) < 4.78 is 19.4. The second-order valence-electron chi connectivity index (χ2n) is 5.64. The molecule has 0 radical (unpaired) electrons. The van der Waals surface area contributed by atoms with E-state index in [0.29, 0.717) is 24.3 Å². The maximum atomic E-state index is 13.6. The molecule has 0 amide bonds. The highest BCUT2D eigenvalue weighted by molar-refractivity contribution is 5.95. The minimum absolute atomic E-state index is 0.0912. The maximum absolute atomic E-state index is 13.6. The van der Waals surface area contributed by atoms with Crippen LogP contribution in [0, 0.1) is 11.2 Å². The molecule has 1 aromatic carbocycles. The van der Waals surface area contributed by atoms with Crippen LogP contribution in [0.3, 0.4) is 0 Å². The van der Waals surface area contributed by atoms with Crippen molar-refractivity contribution in [3.05, 3.63) is 35.1 Å². The zero-order chi connectivity index (χ0) is 14.1. The Morgan fingerprint density at radius 2 is 2.25 bits per heavy atom. The average molecular weight is 277 g/mol. The van der Waals surface area contributed by atoms with Crippen LogP contribution in [0.2, 0.25) is 0 Å². The van der Waals surface area contributed by atoms with Gasteiger partial charge in [0.25, 0.3) is 0 Å². The molecule has 1 heterocycles. The molecule has 108 valence electrons. The molecular formula is C15H20FN3O. The van der Waals surface area contributed by atoms with E-state index >= 15 is 0 Å². The molecule has 3 N–H and O–H groups in total. The maximum Gasteiger partial charge on any atom is 0.124 e. The molecular weight excluding hydrogens is 257 g/mol. The van der Waals surface area contributed by atoms with E-state index in [1.807, 2.05) is 6.07 Å². The number of halogens is 1. The van der Waals surface area contributed by atoms with Crippen LogP contribution in [0.15, 0.2) is 18.2 Å². The average Bonchev–Trinajstić information content (AvgIpc) is 2.87. The second-order valence-corrected chi connectivity index (χ2v) is 5.64. The van der Waals surface area contributed by atoms with Crippen LogP contribution in [0.5, 0.6) is 0 Å². The molecule has 5 heteroatoms. The van der Waals surface area contributed by atoms with E-state index in [1.54, 1.807) is 0 Å². The van der Waals surface area contributed by atoms with Gasteiger partial charge >= 0.3 is 0 Å². The molecule has 3 rings (SSSR count). The Kier molecular flexibility index (Phi) is 3.72. The zero-order valence-corrected chi connectivity index (χ0v) is 11.4. The Balaban J connectivity index is 1.78. The van der Waals surface area contributed by atoms with Gasteiger partial charge in [-0.25, -0.2) is 4.39 Å². The van der Waals surface area contributed by atoms with Crippen molar-refractivity contribution in [3.63, 3.8) is 0 Å². The zero-order valence-electron chi connectivity index (χ0n) is 11.4. The number of nitrogen functional groups attached to an aromatic ring is 1. The summed E-state index contributed by atoms with van der Waals surface area (Å²) in [6.45, 7) is 2.33. The summed E-state index contributed by atoms with van der Waals surface area (Å²) in [6, 6.07) is 5.10. The normalized spacial score (nSPS) is 26.4. The Bertz CT molecular complexity index is 520. The van der Waals surface area contributed by atoms with E-state index in [1.165, 1.54) is 18.6 Å². The summed E-state index contributed by atoms with van der Waals surface area (Å²) in [5, 5.41) is 7.44. The molecule has 1 aliphatic heterocycles. The lowest BCUT2D eigenvalue weighted by molar-refractivity contribution is -0.0588. The summed E-state index contributed by atoms with van der Waals surface area (Å²) in [5.41, 5.74) is 6.79. The Labute approximate surface area is 118 Å². The number of amidine groups is 1. The molecule has 0 spiro atoms. The lowest BCUT2D eigenvalue weighted by Crippen LogP contribution is -2.47. The van der Waals surface area contributed by atoms with Crippen LogP contribution < -0.4 is 5.73 Å². The van der Waals surface area contributed by atoms with E-state index in [0.717, 1.165) is 31.6 Å². The van der Waals surface area contributed by atoms with E-state index in [9.17, 15) is 4.39 Å². The van der Waals surface area contributed by atoms with E-state index in [2.05, 4.69) is 4.90 Å². The van der Waals surface area contributed by atoms with Crippen molar-refractivity contribution < 1.29 is 9.13 Å². The molecule has 1 aromatic rings. The first-order valence-corrected chi connectivity index (χ1v) is 7.13. The molecule has 4 nitrogen and oxygen atoms in total. The third-order valence-corrected chi connectivity index (χ3v) is 4.25. The molecule has 1 saturated carbocycles. The molecule has 0 aromatic heterocycles. The first kappa shape index (κ1) is 13.5. The van der Waals surface area contributed by atoms with E-state index in [-0.39, 0.29) is 11.7 Å². The van der Waals surface area contributed by atoms with Gasteiger partial charge in [0.15, 0.2) is 0 Å². The second kappa shape index (κ2) is 5.50. The van der Waals surface area contributed by atoms with Gasteiger partial charge in [-0.05, 0) is 43.0 Å². The quantitative estimate of drug-likeness (QED) is 0.655. The third-order valence-electron chi connectivity index (χ3n) is 4.25. The summed E-state index contributed by atoms with van der Waals surface area (Å²) in [6.07, 6.45) is 3.82. The first-order valence-electron chi connectivity index (χ1n) is 7.13. The van der Waals surface area contributed by atoms with Gasteiger partial charge in [0.1, 0.15) is 11.7 Å². The molecule has 1 saturated heterocycles. The molecule has 20 heavy (non-hydrogen) atoms. The number of nitrogens with zero attached hydrogens (tertiary/aromatic N) is 1. The van der Waals surface area contributed by atoms with Crippen molar-refractivity contribution in [3.8, 4) is 0 Å². The van der Waals surface area contributed by atoms with Crippen LogP contribution in [-0.2, 0) is 11.3 Å². The van der Waals surface area contributed by atoms with Crippen LogP contribution in [0.1, 0.15) is 30.4 Å². The van der Waals surface area contributed by atoms with Crippen molar-refractivity contribution in [2.45, 2.75) is 38.0 Å². The minimum atomic E-state index is -0.330. The highest BCUT2D eigenvalue weighted by atomic mass is 19.1. The standard InChI is InChI=1S/C15H20FN3O/c16-12-7-10(6-11(8-12)15(17)18)9-19-4-5-20-14-3-1-2-13(14)19/h6-8,13-14H,1-5,9H2,(H3,17,18). The molecule has 2 aliphatic rings. The summed E-state index contributed by atoms with van der Waals surface area (Å²) in [4.78, 5) is 2.37. The van der Waals surface area contributed by atoms with Crippen molar-refractivity contribution in [1.82, 2.24) is 4.90 Å². The highest BCUT2D eigenvalue weighted by Gasteiger charge is 2.35. The predicted octanol–water partition coefficient (Wildman–Crippen LogP) is 1.86. The number of rotatable bonds is 3. The number of ether oxygens (including phenoxy) is 1. The van der Waals surface area contributed by atoms with Crippen molar-refractivity contribution >= 4 is 5.84 Å². The molecule has 2 atom stereocenters. The van der Waals surface area contributed by atoms with Crippen LogP contribution in [0.4, 0.5) is 4.39 Å². The fourth-order valence-corrected chi connectivity index (χ4v) is 3.33. The largest absolute Gasteiger partial charge is 0.384 e. The summed E-state index contributed by atoms with van der Waals surface area (Å²) >= 11 is 0. The summed E-state index contributed by atoms with van der Waals surface area (Å²) in [7, 11) is 0. The number of nitrogens with one attached hydrogen (secondary N) is 1. The number of hydrogen-bond acceptors (Lipinski definition) is 3.